The SMILES string of the molecule is CC(O)NC(=O)c1ccc(-c2ccc(C=O)cc2)cc1. The van der Waals surface area contributed by atoms with E-state index in [-0.39, 0.29) is 5.91 Å². The van der Waals surface area contributed by atoms with Crippen molar-refractivity contribution < 1.29 is 14.7 Å². The first-order valence-corrected chi connectivity index (χ1v) is 6.25. The molecule has 0 saturated carbocycles. The lowest BCUT2D eigenvalue weighted by Gasteiger charge is -2.08. The maximum Gasteiger partial charge on any atom is 0.253 e. The second-order valence-electron chi connectivity index (χ2n) is 4.47. The van der Waals surface area contributed by atoms with Crippen LogP contribution in [0.2, 0.25) is 0 Å². The summed E-state index contributed by atoms with van der Waals surface area (Å²) in [6.45, 7) is 1.49. The quantitative estimate of drug-likeness (QED) is 0.660. The minimum absolute atomic E-state index is 0.317. The number of amides is 1. The van der Waals surface area contributed by atoms with Crippen LogP contribution in [0, 0.1) is 0 Å². The van der Waals surface area contributed by atoms with Crippen molar-refractivity contribution in [1.29, 1.82) is 0 Å². The van der Waals surface area contributed by atoms with Gasteiger partial charge < -0.3 is 10.4 Å². The van der Waals surface area contributed by atoms with Gasteiger partial charge in [-0.05, 0) is 30.2 Å². The van der Waals surface area contributed by atoms with Crippen molar-refractivity contribution >= 4 is 12.2 Å². The lowest BCUT2D eigenvalue weighted by molar-refractivity contribution is 0.0818. The van der Waals surface area contributed by atoms with Crippen LogP contribution in [0.1, 0.15) is 27.6 Å². The molecule has 0 aromatic heterocycles. The second-order valence-corrected chi connectivity index (χ2v) is 4.47. The van der Waals surface area contributed by atoms with Gasteiger partial charge in [-0.15, -0.1) is 0 Å². The predicted molar refractivity (Wildman–Crippen MR) is 76.4 cm³/mol. The van der Waals surface area contributed by atoms with Gasteiger partial charge in [-0.3, -0.25) is 9.59 Å². The van der Waals surface area contributed by atoms with E-state index in [1.807, 2.05) is 24.3 Å². The van der Waals surface area contributed by atoms with E-state index in [9.17, 15) is 9.59 Å². The monoisotopic (exact) mass is 269 g/mol. The normalized spacial score (nSPS) is 11.7. The van der Waals surface area contributed by atoms with E-state index in [1.165, 1.54) is 6.92 Å². The fourth-order valence-corrected chi connectivity index (χ4v) is 1.84. The summed E-state index contributed by atoms with van der Waals surface area (Å²) in [5, 5.41) is 11.5. The summed E-state index contributed by atoms with van der Waals surface area (Å²) in [7, 11) is 0. The van der Waals surface area contributed by atoms with Gasteiger partial charge in [0.05, 0.1) is 0 Å². The van der Waals surface area contributed by atoms with Crippen LogP contribution in [0.15, 0.2) is 48.5 Å². The summed E-state index contributed by atoms with van der Waals surface area (Å²) in [6, 6.07) is 14.2. The van der Waals surface area contributed by atoms with E-state index in [4.69, 9.17) is 5.11 Å². The van der Waals surface area contributed by atoms with Crippen molar-refractivity contribution in [2.24, 2.45) is 0 Å². The number of aliphatic hydroxyl groups is 1. The molecule has 0 bridgehead atoms. The summed E-state index contributed by atoms with van der Waals surface area (Å²) < 4.78 is 0. The maximum absolute atomic E-state index is 11.7. The van der Waals surface area contributed by atoms with Crippen LogP contribution in [0.4, 0.5) is 0 Å². The number of nitrogens with one attached hydrogen (secondary N) is 1. The average molecular weight is 269 g/mol. The first-order chi connectivity index (χ1) is 9.60. The fourth-order valence-electron chi connectivity index (χ4n) is 1.84. The molecule has 0 saturated heterocycles. The van der Waals surface area contributed by atoms with Gasteiger partial charge in [-0.2, -0.15) is 0 Å². The van der Waals surface area contributed by atoms with E-state index in [0.717, 1.165) is 17.4 Å². The Balaban J connectivity index is 2.18. The van der Waals surface area contributed by atoms with Crippen molar-refractivity contribution in [3.05, 3.63) is 59.7 Å². The fraction of sp³-hybridized carbons (Fsp3) is 0.125. The van der Waals surface area contributed by atoms with Crippen LogP contribution < -0.4 is 5.32 Å². The summed E-state index contributed by atoms with van der Waals surface area (Å²) in [4.78, 5) is 22.3. The van der Waals surface area contributed by atoms with Gasteiger partial charge in [0.2, 0.25) is 0 Å². The van der Waals surface area contributed by atoms with Crippen LogP contribution in [-0.2, 0) is 0 Å². The molecule has 102 valence electrons. The Morgan fingerprint density at radius 3 is 2.00 bits per heavy atom. The number of carbonyl (C=O) groups excluding carboxylic acids is 2. The topological polar surface area (TPSA) is 66.4 Å². The highest BCUT2D eigenvalue weighted by atomic mass is 16.3. The van der Waals surface area contributed by atoms with E-state index in [1.54, 1.807) is 24.3 Å². The van der Waals surface area contributed by atoms with E-state index >= 15 is 0 Å². The summed E-state index contributed by atoms with van der Waals surface area (Å²) in [5.41, 5.74) is 3.04. The molecular formula is C16H15NO3. The molecule has 4 heteroatoms. The van der Waals surface area contributed by atoms with E-state index < -0.39 is 6.23 Å². The van der Waals surface area contributed by atoms with Crippen LogP contribution in [-0.4, -0.2) is 23.5 Å². The second kappa shape index (κ2) is 6.12. The molecule has 20 heavy (non-hydrogen) atoms. The predicted octanol–water partition coefficient (Wildman–Crippen LogP) is 2.23. The Hall–Kier alpha value is -2.46. The molecule has 0 aliphatic rings. The first-order valence-electron chi connectivity index (χ1n) is 6.25. The Bertz CT molecular complexity index is 601. The van der Waals surface area contributed by atoms with Gasteiger partial charge in [-0.25, -0.2) is 0 Å². The highest BCUT2D eigenvalue weighted by Crippen LogP contribution is 2.20. The van der Waals surface area contributed by atoms with Gasteiger partial charge in [0.15, 0.2) is 0 Å². The summed E-state index contributed by atoms with van der Waals surface area (Å²) in [5.74, 6) is -0.317. The molecule has 1 atom stereocenters. The highest BCUT2D eigenvalue weighted by molar-refractivity contribution is 5.94. The average Bonchev–Trinajstić information content (AvgIpc) is 2.47. The molecule has 2 N–H and O–H groups in total. The summed E-state index contributed by atoms with van der Waals surface area (Å²) >= 11 is 0. The Kier molecular flexibility index (Phi) is 4.27. The van der Waals surface area contributed by atoms with Crippen LogP contribution >= 0.6 is 0 Å². The van der Waals surface area contributed by atoms with Crippen LogP contribution in [0.25, 0.3) is 11.1 Å². The number of aldehydes is 1. The number of rotatable bonds is 4. The van der Waals surface area contributed by atoms with E-state index in [2.05, 4.69) is 5.32 Å². The molecule has 0 aliphatic heterocycles. The number of hydrogen-bond acceptors (Lipinski definition) is 3. The molecule has 2 rings (SSSR count). The van der Waals surface area contributed by atoms with E-state index in [0.29, 0.717) is 11.1 Å². The van der Waals surface area contributed by atoms with Crippen LogP contribution in [0.5, 0.6) is 0 Å². The lowest BCUT2D eigenvalue weighted by Crippen LogP contribution is -2.31. The molecule has 0 radical (unpaired) electrons. The summed E-state index contributed by atoms with van der Waals surface area (Å²) in [6.07, 6.45) is -0.0779. The standard InChI is InChI=1S/C16H15NO3/c1-11(19)17-16(20)15-8-6-14(7-9-15)13-4-2-12(10-18)3-5-13/h2-11,19H,1H3,(H,17,20). The third kappa shape index (κ3) is 3.30. The molecule has 0 fully saturated rings. The van der Waals surface area contributed by atoms with Gasteiger partial charge in [-0.1, -0.05) is 36.4 Å². The van der Waals surface area contributed by atoms with Crippen LogP contribution in [0.3, 0.4) is 0 Å². The molecule has 4 nitrogen and oxygen atoms in total. The minimum Gasteiger partial charge on any atom is -0.374 e. The van der Waals surface area contributed by atoms with Gasteiger partial charge in [0.1, 0.15) is 12.5 Å². The zero-order valence-corrected chi connectivity index (χ0v) is 11.0. The smallest absolute Gasteiger partial charge is 0.253 e. The molecule has 0 spiro atoms. The Morgan fingerprint density at radius 1 is 1.05 bits per heavy atom. The number of hydrogen-bond donors (Lipinski definition) is 2. The zero-order valence-electron chi connectivity index (χ0n) is 11.0. The largest absolute Gasteiger partial charge is 0.374 e. The molecule has 2 aromatic carbocycles. The third-order valence-corrected chi connectivity index (χ3v) is 2.87. The molecule has 0 heterocycles. The minimum atomic E-state index is -0.877. The Labute approximate surface area is 117 Å². The third-order valence-electron chi connectivity index (χ3n) is 2.87. The molecule has 1 unspecified atom stereocenters. The molecule has 1 amide bonds. The highest BCUT2D eigenvalue weighted by Gasteiger charge is 2.07. The first kappa shape index (κ1) is 14.0. The Morgan fingerprint density at radius 2 is 1.55 bits per heavy atom. The van der Waals surface area contributed by atoms with Gasteiger partial charge in [0, 0.05) is 11.1 Å². The van der Waals surface area contributed by atoms with Crippen molar-refractivity contribution in [1.82, 2.24) is 5.32 Å². The maximum atomic E-state index is 11.7. The van der Waals surface area contributed by atoms with Gasteiger partial charge >= 0.3 is 0 Å². The molecule has 2 aromatic rings. The number of benzene rings is 2. The molecule has 0 aliphatic carbocycles. The lowest BCUT2D eigenvalue weighted by atomic mass is 10.0. The van der Waals surface area contributed by atoms with Crippen molar-refractivity contribution in [2.75, 3.05) is 0 Å². The van der Waals surface area contributed by atoms with Crippen molar-refractivity contribution in [3.63, 3.8) is 0 Å². The molecular weight excluding hydrogens is 254 g/mol. The zero-order chi connectivity index (χ0) is 14.5. The van der Waals surface area contributed by atoms with Gasteiger partial charge in [0.25, 0.3) is 5.91 Å². The number of aliphatic hydroxyl groups excluding tert-OH is 1. The van der Waals surface area contributed by atoms with Crippen molar-refractivity contribution in [2.45, 2.75) is 13.2 Å². The number of carbonyl (C=O) groups is 2. The van der Waals surface area contributed by atoms with Crippen molar-refractivity contribution in [3.8, 4) is 11.1 Å².